The van der Waals surface area contributed by atoms with Gasteiger partial charge in [0.05, 0.1) is 23.4 Å². The number of anilines is 2. The number of nitrogens with one attached hydrogen (secondary N) is 3. The maximum Gasteiger partial charge on any atom is 0.416 e. The van der Waals surface area contributed by atoms with Crippen molar-refractivity contribution in [3.8, 4) is 11.5 Å². The molecular formula is C25H22F3N3O5. The zero-order valence-corrected chi connectivity index (χ0v) is 18.8. The molecule has 188 valence electrons. The number of hydrogen-bond acceptors (Lipinski definition) is 6. The first-order valence-electron chi connectivity index (χ1n) is 10.9. The van der Waals surface area contributed by atoms with Gasteiger partial charge in [0.25, 0.3) is 5.91 Å². The van der Waals surface area contributed by atoms with Gasteiger partial charge < -0.3 is 30.5 Å². The molecule has 0 saturated carbocycles. The summed E-state index contributed by atoms with van der Waals surface area (Å²) in [5.74, 6) is -0.157. The largest absolute Gasteiger partial charge is 0.454 e. The summed E-state index contributed by atoms with van der Waals surface area (Å²) in [6, 6.07) is 14.6. The molecule has 0 aromatic heterocycles. The topological polar surface area (TPSA) is 109 Å². The van der Waals surface area contributed by atoms with E-state index < -0.39 is 36.2 Å². The number of ether oxygens (including phenoxy) is 2. The molecule has 0 unspecified atom stereocenters. The first-order valence-corrected chi connectivity index (χ1v) is 10.9. The van der Waals surface area contributed by atoms with Crippen molar-refractivity contribution in [1.29, 1.82) is 0 Å². The van der Waals surface area contributed by atoms with Gasteiger partial charge in [0.2, 0.25) is 12.7 Å². The SMILES string of the molecule is O=C(N[C@@H](CO)C(=O)NCc1ccc2c(c1)OCO2)c1ccccc1Nc1cccc(C(F)(F)F)c1. The van der Waals surface area contributed by atoms with Crippen LogP contribution in [0.4, 0.5) is 24.5 Å². The summed E-state index contributed by atoms with van der Waals surface area (Å²) < 4.78 is 49.7. The summed E-state index contributed by atoms with van der Waals surface area (Å²) in [5, 5.41) is 17.6. The average Bonchev–Trinajstić information content (AvgIpc) is 3.33. The molecule has 4 N–H and O–H groups in total. The van der Waals surface area contributed by atoms with E-state index in [0.717, 1.165) is 17.7 Å². The van der Waals surface area contributed by atoms with Crippen molar-refractivity contribution in [3.63, 3.8) is 0 Å². The minimum atomic E-state index is -4.52. The molecule has 8 nitrogen and oxygen atoms in total. The number of aliphatic hydroxyl groups excluding tert-OH is 1. The smallest absolute Gasteiger partial charge is 0.416 e. The van der Waals surface area contributed by atoms with Gasteiger partial charge in [-0.15, -0.1) is 0 Å². The number of halogens is 3. The summed E-state index contributed by atoms with van der Waals surface area (Å²) in [6.45, 7) is -0.425. The Kier molecular flexibility index (Phi) is 7.30. The third kappa shape index (κ3) is 5.87. The molecule has 3 aromatic carbocycles. The predicted octanol–water partition coefficient (Wildman–Crippen LogP) is 3.58. The molecule has 0 aliphatic carbocycles. The Balaban J connectivity index is 1.41. The zero-order valence-electron chi connectivity index (χ0n) is 18.8. The van der Waals surface area contributed by atoms with Gasteiger partial charge in [-0.25, -0.2) is 0 Å². The number of amides is 2. The van der Waals surface area contributed by atoms with E-state index >= 15 is 0 Å². The number of carbonyl (C=O) groups excluding carboxylic acids is 2. The highest BCUT2D eigenvalue weighted by Crippen LogP contribution is 2.33. The second-order valence-electron chi connectivity index (χ2n) is 7.86. The Hall–Kier alpha value is -4.25. The molecular weight excluding hydrogens is 479 g/mol. The maximum atomic E-state index is 13.0. The van der Waals surface area contributed by atoms with Gasteiger partial charge >= 0.3 is 6.18 Å². The number of para-hydroxylation sites is 1. The second kappa shape index (κ2) is 10.6. The van der Waals surface area contributed by atoms with Gasteiger partial charge in [-0.3, -0.25) is 9.59 Å². The molecule has 0 bridgehead atoms. The Labute approximate surface area is 204 Å². The lowest BCUT2D eigenvalue weighted by atomic mass is 10.1. The van der Waals surface area contributed by atoms with Gasteiger partial charge in [-0.2, -0.15) is 13.2 Å². The number of benzene rings is 3. The Bertz CT molecular complexity index is 1270. The molecule has 4 rings (SSSR count). The van der Waals surface area contributed by atoms with E-state index in [1.807, 2.05) is 0 Å². The molecule has 0 radical (unpaired) electrons. The fraction of sp³-hybridized carbons (Fsp3) is 0.200. The van der Waals surface area contributed by atoms with Crippen LogP contribution in [0.3, 0.4) is 0 Å². The average molecular weight is 501 g/mol. The van der Waals surface area contributed by atoms with Crippen molar-refractivity contribution in [1.82, 2.24) is 10.6 Å². The number of alkyl halides is 3. The van der Waals surface area contributed by atoms with Crippen LogP contribution in [0.2, 0.25) is 0 Å². The van der Waals surface area contributed by atoms with Gasteiger partial charge in [-0.05, 0) is 48.0 Å². The molecule has 0 fully saturated rings. The van der Waals surface area contributed by atoms with E-state index in [2.05, 4.69) is 16.0 Å². The van der Waals surface area contributed by atoms with Crippen LogP contribution in [0.25, 0.3) is 0 Å². The van der Waals surface area contributed by atoms with E-state index in [9.17, 15) is 27.9 Å². The molecule has 3 aromatic rings. The first kappa shape index (κ1) is 24.9. The van der Waals surface area contributed by atoms with Crippen LogP contribution < -0.4 is 25.4 Å². The normalized spacial score (nSPS) is 13.1. The van der Waals surface area contributed by atoms with Gasteiger partial charge in [0, 0.05) is 12.2 Å². The predicted molar refractivity (Wildman–Crippen MR) is 124 cm³/mol. The van der Waals surface area contributed by atoms with Crippen LogP contribution in [0.1, 0.15) is 21.5 Å². The van der Waals surface area contributed by atoms with E-state index in [1.54, 1.807) is 30.3 Å². The molecule has 1 aliphatic rings. The minimum absolute atomic E-state index is 0.0805. The van der Waals surface area contributed by atoms with E-state index in [4.69, 9.17) is 9.47 Å². The quantitative estimate of drug-likeness (QED) is 0.376. The van der Waals surface area contributed by atoms with Crippen LogP contribution in [0.5, 0.6) is 11.5 Å². The molecule has 0 spiro atoms. The molecule has 2 amide bonds. The lowest BCUT2D eigenvalue weighted by Crippen LogP contribution is -2.48. The Morgan fingerprint density at radius 2 is 1.75 bits per heavy atom. The number of fused-ring (bicyclic) bond motifs is 1. The van der Waals surface area contributed by atoms with Crippen molar-refractivity contribution >= 4 is 23.2 Å². The van der Waals surface area contributed by atoms with Crippen LogP contribution in [-0.2, 0) is 17.5 Å². The van der Waals surface area contributed by atoms with Gasteiger partial charge in [0.15, 0.2) is 11.5 Å². The summed E-state index contributed by atoms with van der Waals surface area (Å²) >= 11 is 0. The Morgan fingerprint density at radius 3 is 2.53 bits per heavy atom. The van der Waals surface area contributed by atoms with E-state index in [1.165, 1.54) is 24.3 Å². The van der Waals surface area contributed by atoms with Gasteiger partial charge in [0.1, 0.15) is 6.04 Å². The molecule has 11 heteroatoms. The minimum Gasteiger partial charge on any atom is -0.454 e. The number of aliphatic hydroxyl groups is 1. The number of carbonyl (C=O) groups is 2. The lowest BCUT2D eigenvalue weighted by Gasteiger charge is -2.18. The highest BCUT2D eigenvalue weighted by atomic mass is 19.4. The van der Waals surface area contributed by atoms with Crippen molar-refractivity contribution < 1.29 is 37.3 Å². The standard InChI is InChI=1S/C25H22F3N3O5/c26-25(27,28)16-4-3-5-17(11-16)30-19-7-2-1-6-18(19)23(33)31-20(13-32)24(34)29-12-15-8-9-21-22(10-15)36-14-35-21/h1-11,20,30,32H,12-14H2,(H,29,34)(H,31,33)/t20-/m0/s1. The van der Waals surface area contributed by atoms with Crippen molar-refractivity contribution in [2.24, 2.45) is 0 Å². The summed E-state index contributed by atoms with van der Waals surface area (Å²) in [6.07, 6.45) is -4.52. The monoisotopic (exact) mass is 501 g/mol. The fourth-order valence-corrected chi connectivity index (χ4v) is 3.51. The van der Waals surface area contributed by atoms with Crippen LogP contribution in [-0.4, -0.2) is 36.4 Å². The number of rotatable bonds is 8. The fourth-order valence-electron chi connectivity index (χ4n) is 3.51. The van der Waals surface area contributed by atoms with Crippen LogP contribution in [0, 0.1) is 0 Å². The van der Waals surface area contributed by atoms with E-state index in [-0.39, 0.29) is 30.3 Å². The van der Waals surface area contributed by atoms with Crippen LogP contribution >= 0.6 is 0 Å². The second-order valence-corrected chi connectivity index (χ2v) is 7.86. The summed E-state index contributed by atoms with van der Waals surface area (Å²) in [7, 11) is 0. The van der Waals surface area contributed by atoms with Crippen molar-refractivity contribution in [2.75, 3.05) is 18.7 Å². The van der Waals surface area contributed by atoms with Crippen molar-refractivity contribution in [2.45, 2.75) is 18.8 Å². The molecule has 0 saturated heterocycles. The highest BCUT2D eigenvalue weighted by Gasteiger charge is 2.30. The Morgan fingerprint density at radius 1 is 0.972 bits per heavy atom. The van der Waals surface area contributed by atoms with Crippen LogP contribution in [0.15, 0.2) is 66.7 Å². The zero-order chi connectivity index (χ0) is 25.7. The summed E-state index contributed by atoms with van der Waals surface area (Å²) in [5.41, 5.74) is 0.328. The molecule has 1 heterocycles. The molecule has 36 heavy (non-hydrogen) atoms. The molecule has 1 atom stereocenters. The third-order valence-electron chi connectivity index (χ3n) is 5.35. The third-order valence-corrected chi connectivity index (χ3v) is 5.35. The van der Waals surface area contributed by atoms with E-state index in [0.29, 0.717) is 11.5 Å². The van der Waals surface area contributed by atoms with Gasteiger partial charge in [-0.1, -0.05) is 24.3 Å². The number of hydrogen-bond donors (Lipinski definition) is 4. The molecule has 1 aliphatic heterocycles. The maximum absolute atomic E-state index is 13.0. The lowest BCUT2D eigenvalue weighted by molar-refractivity contribution is -0.137. The van der Waals surface area contributed by atoms with Crippen molar-refractivity contribution in [3.05, 3.63) is 83.4 Å². The first-order chi connectivity index (χ1) is 17.2. The highest BCUT2D eigenvalue weighted by molar-refractivity contribution is 6.02. The summed E-state index contributed by atoms with van der Waals surface area (Å²) in [4.78, 5) is 25.5.